The molecule has 0 aliphatic carbocycles. The van der Waals surface area contributed by atoms with Crippen LogP contribution in [-0.4, -0.2) is 54.8 Å². The van der Waals surface area contributed by atoms with Crippen molar-refractivity contribution in [1.82, 2.24) is 9.88 Å². The van der Waals surface area contributed by atoms with E-state index in [4.69, 9.17) is 0 Å². The number of aromatic nitrogens is 1. The van der Waals surface area contributed by atoms with Crippen molar-refractivity contribution in [3.63, 3.8) is 0 Å². The van der Waals surface area contributed by atoms with Crippen molar-refractivity contribution in [3.05, 3.63) is 59.9 Å². The number of fused-ring (bicyclic) bond motifs is 1. The van der Waals surface area contributed by atoms with Gasteiger partial charge in [0.05, 0.1) is 16.7 Å². The van der Waals surface area contributed by atoms with Gasteiger partial charge in [-0.3, -0.25) is 14.1 Å². The van der Waals surface area contributed by atoms with Crippen molar-refractivity contribution in [2.24, 2.45) is 0 Å². The Morgan fingerprint density at radius 3 is 2.86 bits per heavy atom. The molecule has 1 aromatic heterocycles. The highest BCUT2D eigenvalue weighted by Crippen LogP contribution is 2.33. The molecule has 0 radical (unpaired) electrons. The fraction of sp³-hybridized carbons (Fsp3) is 0.429. The second kappa shape index (κ2) is 8.75. The minimum atomic E-state index is -3.48. The zero-order valence-corrected chi connectivity index (χ0v) is 17.9. The first-order chi connectivity index (χ1) is 14.1. The molecule has 2 aromatic rings. The molecule has 154 valence electrons. The average Bonchev–Trinajstić information content (AvgIpc) is 3.19. The van der Waals surface area contributed by atoms with E-state index in [0.717, 1.165) is 35.4 Å². The number of benzene rings is 1. The number of anilines is 1. The Balaban J connectivity index is 1.37. The van der Waals surface area contributed by atoms with Crippen molar-refractivity contribution in [3.8, 4) is 0 Å². The summed E-state index contributed by atoms with van der Waals surface area (Å²) in [6, 6.07) is 11.6. The van der Waals surface area contributed by atoms with Gasteiger partial charge in [-0.15, -0.1) is 11.8 Å². The fourth-order valence-corrected chi connectivity index (χ4v) is 6.85. The molecule has 2 aliphatic rings. The standard InChI is InChI=1S/C21H25N3O3S2/c25-21(16-28-15-17-5-3-10-22-13-17)23-11-4-7-19(14-23)29(26,27)24-12-9-18-6-1-2-8-20(18)24/h1-3,5-6,8,10,13,19H,4,7,9,11-12,14-16H2/t19-/m1/s1. The van der Waals surface area contributed by atoms with Crippen LogP contribution in [-0.2, 0) is 27.0 Å². The minimum Gasteiger partial charge on any atom is -0.341 e. The predicted molar refractivity (Wildman–Crippen MR) is 116 cm³/mol. The van der Waals surface area contributed by atoms with Crippen LogP contribution in [0.4, 0.5) is 5.69 Å². The molecule has 3 heterocycles. The van der Waals surface area contributed by atoms with Gasteiger partial charge in [-0.25, -0.2) is 8.42 Å². The lowest BCUT2D eigenvalue weighted by molar-refractivity contribution is -0.129. The Morgan fingerprint density at radius 2 is 2.03 bits per heavy atom. The van der Waals surface area contributed by atoms with Gasteiger partial charge in [0.2, 0.25) is 15.9 Å². The highest BCUT2D eigenvalue weighted by atomic mass is 32.2. The molecule has 29 heavy (non-hydrogen) atoms. The zero-order valence-electron chi connectivity index (χ0n) is 16.2. The largest absolute Gasteiger partial charge is 0.341 e. The zero-order chi connectivity index (χ0) is 20.3. The van der Waals surface area contributed by atoms with Crippen molar-refractivity contribution in [1.29, 1.82) is 0 Å². The van der Waals surface area contributed by atoms with Gasteiger partial charge in [0.25, 0.3) is 0 Å². The smallest absolute Gasteiger partial charge is 0.239 e. The molecule has 0 bridgehead atoms. The van der Waals surface area contributed by atoms with Crippen LogP contribution in [0, 0.1) is 0 Å². The number of pyridine rings is 1. The van der Waals surface area contributed by atoms with E-state index in [0.29, 0.717) is 25.3 Å². The monoisotopic (exact) mass is 431 g/mol. The summed E-state index contributed by atoms with van der Waals surface area (Å²) in [5, 5.41) is -0.533. The van der Waals surface area contributed by atoms with Crippen LogP contribution < -0.4 is 4.31 Å². The highest BCUT2D eigenvalue weighted by molar-refractivity contribution is 7.99. The number of thioether (sulfide) groups is 1. The minimum absolute atomic E-state index is 0.0145. The van der Waals surface area contributed by atoms with Gasteiger partial charge in [-0.2, -0.15) is 0 Å². The third-order valence-electron chi connectivity index (χ3n) is 5.52. The number of sulfonamides is 1. The number of nitrogens with zero attached hydrogens (tertiary/aromatic N) is 3. The highest BCUT2D eigenvalue weighted by Gasteiger charge is 2.39. The van der Waals surface area contributed by atoms with Crippen molar-refractivity contribution < 1.29 is 13.2 Å². The van der Waals surface area contributed by atoms with E-state index in [1.54, 1.807) is 33.4 Å². The van der Waals surface area contributed by atoms with Crippen LogP contribution in [0.1, 0.15) is 24.0 Å². The summed E-state index contributed by atoms with van der Waals surface area (Å²) < 4.78 is 28.1. The lowest BCUT2D eigenvalue weighted by atomic mass is 10.1. The summed E-state index contributed by atoms with van der Waals surface area (Å²) in [6.45, 7) is 1.41. The SMILES string of the molecule is O=C(CSCc1cccnc1)N1CCC[C@@H](S(=O)(=O)N2CCc3ccccc32)C1. The quantitative estimate of drug-likeness (QED) is 0.703. The van der Waals surface area contributed by atoms with Gasteiger partial charge in [-0.1, -0.05) is 24.3 Å². The Labute approximate surface area is 176 Å². The van der Waals surface area contributed by atoms with Crippen LogP contribution in [0.2, 0.25) is 0 Å². The number of amides is 1. The van der Waals surface area contributed by atoms with Gasteiger partial charge in [0, 0.05) is 37.8 Å². The van der Waals surface area contributed by atoms with Gasteiger partial charge >= 0.3 is 0 Å². The van der Waals surface area contributed by atoms with Gasteiger partial charge in [-0.05, 0) is 42.5 Å². The first-order valence-electron chi connectivity index (χ1n) is 9.89. The summed E-state index contributed by atoms with van der Waals surface area (Å²) >= 11 is 1.54. The van der Waals surface area contributed by atoms with Crippen molar-refractivity contribution in [2.75, 3.05) is 29.7 Å². The third-order valence-corrected chi connectivity index (χ3v) is 8.73. The summed E-state index contributed by atoms with van der Waals surface area (Å²) in [5.41, 5.74) is 2.95. The second-order valence-electron chi connectivity index (χ2n) is 7.45. The van der Waals surface area contributed by atoms with Crippen LogP contribution in [0.15, 0.2) is 48.8 Å². The fourth-order valence-electron chi connectivity index (χ4n) is 3.99. The Morgan fingerprint density at radius 1 is 1.17 bits per heavy atom. The predicted octanol–water partition coefficient (Wildman–Crippen LogP) is 2.70. The molecular weight excluding hydrogens is 406 g/mol. The van der Waals surface area contributed by atoms with Gasteiger partial charge in [0.15, 0.2) is 0 Å². The Kier molecular flexibility index (Phi) is 6.10. The van der Waals surface area contributed by atoms with Gasteiger partial charge < -0.3 is 4.90 Å². The third kappa shape index (κ3) is 4.43. The molecule has 8 heteroatoms. The van der Waals surface area contributed by atoms with E-state index in [2.05, 4.69) is 4.98 Å². The maximum atomic E-state index is 13.3. The average molecular weight is 432 g/mol. The van der Waals surface area contributed by atoms with E-state index in [9.17, 15) is 13.2 Å². The molecule has 0 spiro atoms. The van der Waals surface area contributed by atoms with Crippen molar-refractivity contribution in [2.45, 2.75) is 30.3 Å². The number of hydrogen-bond acceptors (Lipinski definition) is 5. The molecule has 0 N–H and O–H groups in total. The van der Waals surface area contributed by atoms with E-state index < -0.39 is 15.3 Å². The molecular formula is C21H25N3O3S2. The molecule has 4 rings (SSSR count). The van der Waals surface area contributed by atoms with E-state index in [1.165, 1.54) is 0 Å². The molecule has 0 unspecified atom stereocenters. The lowest BCUT2D eigenvalue weighted by Crippen LogP contribution is -2.49. The number of rotatable bonds is 6. The number of piperidine rings is 1. The van der Waals surface area contributed by atoms with Crippen LogP contribution >= 0.6 is 11.8 Å². The molecule has 1 amide bonds. The second-order valence-corrected chi connectivity index (χ2v) is 10.6. The first-order valence-corrected chi connectivity index (χ1v) is 12.6. The van der Waals surface area contributed by atoms with Gasteiger partial charge in [0.1, 0.15) is 0 Å². The molecule has 1 aromatic carbocycles. The maximum Gasteiger partial charge on any atom is 0.239 e. The topological polar surface area (TPSA) is 70.6 Å². The van der Waals surface area contributed by atoms with E-state index >= 15 is 0 Å². The van der Waals surface area contributed by atoms with E-state index in [1.807, 2.05) is 36.4 Å². The Hall–Kier alpha value is -2.06. The summed E-state index contributed by atoms with van der Waals surface area (Å²) in [7, 11) is -3.48. The molecule has 1 saturated heterocycles. The molecule has 0 saturated carbocycles. The number of para-hydroxylation sites is 1. The number of carbonyl (C=O) groups is 1. The molecule has 1 atom stereocenters. The van der Waals surface area contributed by atoms with Crippen LogP contribution in [0.3, 0.4) is 0 Å². The first kappa shape index (κ1) is 20.2. The van der Waals surface area contributed by atoms with Crippen molar-refractivity contribution >= 4 is 33.4 Å². The van der Waals surface area contributed by atoms with Crippen LogP contribution in [0.5, 0.6) is 0 Å². The lowest BCUT2D eigenvalue weighted by Gasteiger charge is -2.35. The number of carbonyl (C=O) groups excluding carboxylic acids is 1. The summed E-state index contributed by atoms with van der Waals surface area (Å²) in [6.07, 6.45) is 5.60. The summed E-state index contributed by atoms with van der Waals surface area (Å²) in [4.78, 5) is 18.5. The Bertz CT molecular complexity index is 966. The maximum absolute atomic E-state index is 13.3. The number of hydrogen-bond donors (Lipinski definition) is 0. The normalized spacial score (nSPS) is 19.2. The van der Waals surface area contributed by atoms with E-state index in [-0.39, 0.29) is 12.5 Å². The molecule has 2 aliphatic heterocycles. The molecule has 6 nitrogen and oxygen atoms in total. The summed E-state index contributed by atoms with van der Waals surface area (Å²) in [5.74, 6) is 1.09. The number of likely N-dealkylation sites (tertiary alicyclic amines) is 1. The molecule has 1 fully saturated rings. The van der Waals surface area contributed by atoms with Crippen LogP contribution in [0.25, 0.3) is 0 Å².